The molecule has 1 heterocycles. The molecule has 90 valence electrons. The molecule has 5 nitrogen and oxygen atoms in total. The predicted octanol–water partition coefficient (Wildman–Crippen LogP) is 0.592. The normalized spacial score (nSPS) is 18.8. The summed E-state index contributed by atoms with van der Waals surface area (Å²) in [7, 11) is 0. The number of carbonyl (C=O) groups is 2. The monoisotopic (exact) mass is 235 g/mol. The Morgan fingerprint density at radius 2 is 2.18 bits per heavy atom. The van der Waals surface area contributed by atoms with E-state index in [0.29, 0.717) is 0 Å². The predicted molar refractivity (Wildman–Crippen MR) is 58.7 cm³/mol. The number of ether oxygens (including phenoxy) is 2. The van der Waals surface area contributed by atoms with Crippen molar-refractivity contribution >= 4 is 11.9 Å². The molecule has 5 heteroatoms. The van der Waals surface area contributed by atoms with Crippen LogP contribution < -0.4 is 5.32 Å². The van der Waals surface area contributed by atoms with Gasteiger partial charge in [0.05, 0.1) is 6.42 Å². The lowest BCUT2D eigenvalue weighted by molar-refractivity contribution is -0.149. The summed E-state index contributed by atoms with van der Waals surface area (Å²) < 4.78 is 9.72. The number of hydrogen-bond acceptors (Lipinski definition) is 5. The molecule has 0 aromatic heterocycles. The van der Waals surface area contributed by atoms with E-state index in [1.807, 2.05) is 30.3 Å². The lowest BCUT2D eigenvalue weighted by Crippen LogP contribution is -2.30. The topological polar surface area (TPSA) is 64.6 Å². The number of cyclic esters (lactones) is 1. The summed E-state index contributed by atoms with van der Waals surface area (Å²) in [4.78, 5) is 22.5. The first-order valence-electron chi connectivity index (χ1n) is 5.35. The number of rotatable bonds is 4. The van der Waals surface area contributed by atoms with Gasteiger partial charge in [0, 0.05) is 0 Å². The second kappa shape index (κ2) is 5.45. The van der Waals surface area contributed by atoms with E-state index in [9.17, 15) is 9.59 Å². The standard InChI is InChI=1S/C12H13NO4/c14-11(6-10-12(15)17-8-13-10)16-7-9-4-2-1-3-5-9/h1-5,10,13H,6-8H2. The summed E-state index contributed by atoms with van der Waals surface area (Å²) in [6.07, 6.45) is 0.00562. The van der Waals surface area contributed by atoms with Crippen LogP contribution in [-0.4, -0.2) is 24.7 Å². The highest BCUT2D eigenvalue weighted by Gasteiger charge is 2.28. The Balaban J connectivity index is 1.76. The van der Waals surface area contributed by atoms with Crippen molar-refractivity contribution in [3.63, 3.8) is 0 Å². The lowest BCUT2D eigenvalue weighted by Gasteiger charge is -2.07. The van der Waals surface area contributed by atoms with E-state index in [-0.39, 0.29) is 19.8 Å². The molecule has 1 fully saturated rings. The molecule has 0 bridgehead atoms. The molecule has 1 N–H and O–H groups in total. The minimum Gasteiger partial charge on any atom is -0.461 e. The SMILES string of the molecule is O=C(CC1NCOC1=O)OCc1ccccc1. The van der Waals surface area contributed by atoms with Crippen LogP contribution in [0.3, 0.4) is 0 Å². The van der Waals surface area contributed by atoms with Crippen molar-refractivity contribution in [2.75, 3.05) is 6.73 Å². The fourth-order valence-corrected chi connectivity index (χ4v) is 1.52. The van der Waals surface area contributed by atoms with Crippen LogP contribution in [0.15, 0.2) is 30.3 Å². The maximum absolute atomic E-state index is 11.4. The molecule has 1 unspecified atom stereocenters. The van der Waals surface area contributed by atoms with Crippen LogP contribution in [0.2, 0.25) is 0 Å². The summed E-state index contributed by atoms with van der Waals surface area (Å²) >= 11 is 0. The molecular formula is C12H13NO4. The van der Waals surface area contributed by atoms with E-state index in [4.69, 9.17) is 4.74 Å². The maximum atomic E-state index is 11.4. The summed E-state index contributed by atoms with van der Waals surface area (Å²) in [5.74, 6) is -0.813. The van der Waals surface area contributed by atoms with Gasteiger partial charge in [0.25, 0.3) is 0 Å². The molecule has 2 rings (SSSR count). The Morgan fingerprint density at radius 3 is 2.82 bits per heavy atom. The van der Waals surface area contributed by atoms with Crippen LogP contribution in [0.25, 0.3) is 0 Å². The number of carbonyl (C=O) groups excluding carboxylic acids is 2. The van der Waals surface area contributed by atoms with Crippen LogP contribution >= 0.6 is 0 Å². The van der Waals surface area contributed by atoms with Gasteiger partial charge in [-0.25, -0.2) is 0 Å². The van der Waals surface area contributed by atoms with E-state index in [0.717, 1.165) is 5.56 Å². The van der Waals surface area contributed by atoms with E-state index in [2.05, 4.69) is 10.1 Å². The van der Waals surface area contributed by atoms with Crippen molar-refractivity contribution in [2.24, 2.45) is 0 Å². The highest BCUT2D eigenvalue weighted by molar-refractivity contribution is 5.83. The first-order valence-corrected chi connectivity index (χ1v) is 5.35. The van der Waals surface area contributed by atoms with Gasteiger partial charge in [0.2, 0.25) is 0 Å². The Morgan fingerprint density at radius 1 is 1.41 bits per heavy atom. The van der Waals surface area contributed by atoms with Crippen molar-refractivity contribution in [3.05, 3.63) is 35.9 Å². The summed E-state index contributed by atoms with van der Waals surface area (Å²) in [5, 5.41) is 2.76. The van der Waals surface area contributed by atoms with E-state index >= 15 is 0 Å². The Kier molecular flexibility index (Phi) is 3.72. The molecular weight excluding hydrogens is 222 g/mol. The van der Waals surface area contributed by atoms with E-state index in [1.54, 1.807) is 0 Å². The molecule has 1 atom stereocenters. The molecule has 1 aromatic carbocycles. The summed E-state index contributed by atoms with van der Waals surface area (Å²) in [6.45, 7) is 0.386. The van der Waals surface area contributed by atoms with Crippen molar-refractivity contribution in [1.82, 2.24) is 5.32 Å². The Bertz CT molecular complexity index is 404. The van der Waals surface area contributed by atoms with Crippen LogP contribution in [0.5, 0.6) is 0 Å². The summed E-state index contributed by atoms with van der Waals surface area (Å²) in [5.41, 5.74) is 0.919. The van der Waals surface area contributed by atoms with Gasteiger partial charge in [-0.15, -0.1) is 0 Å². The van der Waals surface area contributed by atoms with Crippen LogP contribution in [-0.2, 0) is 25.7 Å². The molecule has 0 spiro atoms. The van der Waals surface area contributed by atoms with Gasteiger partial charge in [-0.3, -0.25) is 14.9 Å². The number of benzene rings is 1. The van der Waals surface area contributed by atoms with Gasteiger partial charge in [-0.2, -0.15) is 0 Å². The zero-order chi connectivity index (χ0) is 12.1. The largest absolute Gasteiger partial charge is 0.461 e. The van der Waals surface area contributed by atoms with E-state index in [1.165, 1.54) is 0 Å². The van der Waals surface area contributed by atoms with Gasteiger partial charge in [0.15, 0.2) is 0 Å². The first-order chi connectivity index (χ1) is 8.25. The zero-order valence-electron chi connectivity index (χ0n) is 9.22. The summed E-state index contributed by atoms with van der Waals surface area (Å²) in [6, 6.07) is 8.81. The quantitative estimate of drug-likeness (QED) is 0.774. The molecule has 0 aliphatic carbocycles. The average molecular weight is 235 g/mol. The van der Waals surface area contributed by atoms with Crippen molar-refractivity contribution in [1.29, 1.82) is 0 Å². The van der Waals surface area contributed by atoms with Gasteiger partial charge in [0.1, 0.15) is 19.4 Å². The number of esters is 2. The zero-order valence-corrected chi connectivity index (χ0v) is 9.22. The minimum atomic E-state index is -0.571. The molecule has 0 amide bonds. The van der Waals surface area contributed by atoms with Gasteiger partial charge >= 0.3 is 11.9 Å². The third-order valence-corrected chi connectivity index (χ3v) is 2.44. The highest BCUT2D eigenvalue weighted by Crippen LogP contribution is 2.06. The maximum Gasteiger partial charge on any atom is 0.325 e. The molecule has 1 aromatic rings. The van der Waals surface area contributed by atoms with Crippen molar-refractivity contribution in [2.45, 2.75) is 19.1 Å². The van der Waals surface area contributed by atoms with Crippen LogP contribution in [0, 0.1) is 0 Å². The van der Waals surface area contributed by atoms with Gasteiger partial charge in [-0.05, 0) is 5.56 Å². The van der Waals surface area contributed by atoms with Gasteiger partial charge < -0.3 is 9.47 Å². The molecule has 0 radical (unpaired) electrons. The molecule has 1 aliphatic rings. The molecule has 1 saturated heterocycles. The molecule has 17 heavy (non-hydrogen) atoms. The van der Waals surface area contributed by atoms with E-state index < -0.39 is 18.0 Å². The van der Waals surface area contributed by atoms with Crippen LogP contribution in [0.4, 0.5) is 0 Å². The second-order valence-corrected chi connectivity index (χ2v) is 3.71. The lowest BCUT2D eigenvalue weighted by atomic mass is 10.2. The number of nitrogens with one attached hydrogen (secondary N) is 1. The number of hydrogen-bond donors (Lipinski definition) is 1. The highest BCUT2D eigenvalue weighted by atomic mass is 16.6. The van der Waals surface area contributed by atoms with Crippen molar-refractivity contribution in [3.8, 4) is 0 Å². The minimum absolute atomic E-state index is 0.00562. The molecule has 0 saturated carbocycles. The Labute approximate surface area is 98.7 Å². The fraction of sp³-hybridized carbons (Fsp3) is 0.333. The smallest absolute Gasteiger partial charge is 0.325 e. The Hall–Kier alpha value is -1.88. The van der Waals surface area contributed by atoms with Gasteiger partial charge in [-0.1, -0.05) is 30.3 Å². The molecule has 1 aliphatic heterocycles. The van der Waals surface area contributed by atoms with Crippen molar-refractivity contribution < 1.29 is 19.1 Å². The second-order valence-electron chi connectivity index (χ2n) is 3.71. The third-order valence-electron chi connectivity index (χ3n) is 2.44. The fourth-order valence-electron chi connectivity index (χ4n) is 1.52. The first kappa shape index (κ1) is 11.6. The van der Waals surface area contributed by atoms with Crippen LogP contribution in [0.1, 0.15) is 12.0 Å². The third kappa shape index (κ3) is 3.29. The average Bonchev–Trinajstić information content (AvgIpc) is 2.74.